The summed E-state index contributed by atoms with van der Waals surface area (Å²) in [4.78, 5) is 6.62. The summed E-state index contributed by atoms with van der Waals surface area (Å²) in [5.74, 6) is 0.883. The normalized spacial score (nSPS) is 16.4. The minimum atomic E-state index is 0. The zero-order valence-corrected chi connectivity index (χ0v) is 19.9. The van der Waals surface area contributed by atoms with Gasteiger partial charge in [0.15, 0.2) is 5.96 Å². The molecule has 1 N–H and O–H groups in total. The molecule has 1 aliphatic heterocycles. The molecule has 0 bridgehead atoms. The van der Waals surface area contributed by atoms with Crippen molar-refractivity contribution >= 4 is 41.5 Å². The van der Waals surface area contributed by atoms with E-state index in [1.807, 2.05) is 26.4 Å². The van der Waals surface area contributed by atoms with Gasteiger partial charge in [0.1, 0.15) is 0 Å². The highest BCUT2D eigenvalue weighted by molar-refractivity contribution is 14.0. The molecule has 154 valence electrons. The van der Waals surface area contributed by atoms with Crippen LogP contribution in [0, 0.1) is 0 Å². The van der Waals surface area contributed by atoms with Crippen molar-refractivity contribution in [1.29, 1.82) is 0 Å². The quantitative estimate of drug-likeness (QED) is 0.370. The molecule has 28 heavy (non-hydrogen) atoms. The lowest BCUT2D eigenvalue weighted by Crippen LogP contribution is -2.48. The maximum Gasteiger partial charge on any atom is 0.193 e. The van der Waals surface area contributed by atoms with Crippen LogP contribution in [0.3, 0.4) is 0 Å². The first-order chi connectivity index (χ1) is 13.0. The molecule has 2 heterocycles. The van der Waals surface area contributed by atoms with Gasteiger partial charge in [-0.15, -0.1) is 24.0 Å². The van der Waals surface area contributed by atoms with E-state index in [1.54, 1.807) is 0 Å². The van der Waals surface area contributed by atoms with E-state index in [4.69, 9.17) is 16.3 Å². The number of halogens is 2. The van der Waals surface area contributed by atoms with Gasteiger partial charge in [-0.3, -0.25) is 4.99 Å². The van der Waals surface area contributed by atoms with Crippen molar-refractivity contribution in [3.63, 3.8) is 0 Å². The van der Waals surface area contributed by atoms with Crippen molar-refractivity contribution in [3.8, 4) is 0 Å². The van der Waals surface area contributed by atoms with Crippen LogP contribution in [0.15, 0.2) is 47.6 Å². The smallest absolute Gasteiger partial charge is 0.193 e. The number of ether oxygens (including phenoxy) is 1. The number of nitrogens with one attached hydrogen (secondary N) is 1. The van der Waals surface area contributed by atoms with Gasteiger partial charge in [0.25, 0.3) is 0 Å². The first-order valence-electron chi connectivity index (χ1n) is 9.40. The highest BCUT2D eigenvalue weighted by Gasteiger charge is 2.34. The SMILES string of the molecule is CN=C(NCC1(c2ccccc2)CCOCC1)N(C)Cc1cc(Cl)cn1C.I. The van der Waals surface area contributed by atoms with Crippen LogP contribution >= 0.6 is 35.6 Å². The maximum absolute atomic E-state index is 6.11. The molecule has 1 aliphatic rings. The summed E-state index contributed by atoms with van der Waals surface area (Å²) in [6.45, 7) is 3.18. The largest absolute Gasteiger partial charge is 0.381 e. The number of benzene rings is 1. The number of aryl methyl sites for hydroxylation is 1. The summed E-state index contributed by atoms with van der Waals surface area (Å²) in [5, 5.41) is 4.36. The molecule has 5 nitrogen and oxygen atoms in total. The van der Waals surface area contributed by atoms with Crippen molar-refractivity contribution < 1.29 is 4.74 Å². The molecule has 0 spiro atoms. The van der Waals surface area contributed by atoms with Gasteiger partial charge in [-0.2, -0.15) is 0 Å². The van der Waals surface area contributed by atoms with E-state index >= 15 is 0 Å². The Kier molecular flexibility index (Phi) is 8.64. The minimum Gasteiger partial charge on any atom is -0.381 e. The lowest BCUT2D eigenvalue weighted by atomic mass is 9.74. The average Bonchev–Trinajstić information content (AvgIpc) is 3.00. The zero-order chi connectivity index (χ0) is 19.3. The maximum atomic E-state index is 6.11. The predicted octanol–water partition coefficient (Wildman–Crippen LogP) is 4.05. The second-order valence-corrected chi connectivity index (χ2v) is 7.71. The molecule has 0 radical (unpaired) electrons. The Bertz CT molecular complexity index is 772. The Morgan fingerprint density at radius 3 is 2.54 bits per heavy atom. The van der Waals surface area contributed by atoms with Crippen LogP contribution in [-0.4, -0.2) is 49.3 Å². The fourth-order valence-corrected chi connectivity index (χ4v) is 4.07. The zero-order valence-electron chi connectivity index (χ0n) is 16.8. The Hall–Kier alpha value is -1.25. The second kappa shape index (κ2) is 10.5. The third-order valence-corrected chi connectivity index (χ3v) is 5.67. The molecule has 0 unspecified atom stereocenters. The van der Waals surface area contributed by atoms with Gasteiger partial charge in [-0.25, -0.2) is 0 Å². The van der Waals surface area contributed by atoms with Crippen molar-refractivity contribution in [1.82, 2.24) is 14.8 Å². The molecule has 1 saturated heterocycles. The Balaban J connectivity index is 0.00000280. The number of hydrogen-bond acceptors (Lipinski definition) is 2. The predicted molar refractivity (Wildman–Crippen MR) is 127 cm³/mol. The van der Waals surface area contributed by atoms with E-state index in [-0.39, 0.29) is 29.4 Å². The van der Waals surface area contributed by atoms with Crippen molar-refractivity contribution in [2.45, 2.75) is 24.8 Å². The average molecular weight is 517 g/mol. The van der Waals surface area contributed by atoms with Gasteiger partial charge in [0.05, 0.1) is 11.6 Å². The molecule has 7 heteroatoms. The molecule has 0 saturated carbocycles. The molecular formula is C21H30ClIN4O. The van der Waals surface area contributed by atoms with Crippen LogP contribution in [0.5, 0.6) is 0 Å². The summed E-state index contributed by atoms with van der Waals surface area (Å²) in [7, 11) is 5.89. The highest BCUT2D eigenvalue weighted by Crippen LogP contribution is 2.34. The number of aliphatic imine (C=N–C) groups is 1. The van der Waals surface area contributed by atoms with E-state index < -0.39 is 0 Å². The third-order valence-electron chi connectivity index (χ3n) is 5.47. The summed E-state index contributed by atoms with van der Waals surface area (Å²) in [6, 6.07) is 12.8. The standard InChI is InChI=1S/C21H29ClN4O.HI/c1-23-20(26(3)15-19-13-18(22)14-25(19)2)24-16-21(9-11-27-12-10-21)17-7-5-4-6-8-17;/h4-8,13-14H,9-12,15-16H2,1-3H3,(H,23,24);1H. The van der Waals surface area contributed by atoms with E-state index in [0.29, 0.717) is 0 Å². The fourth-order valence-electron chi connectivity index (χ4n) is 3.80. The first-order valence-corrected chi connectivity index (χ1v) is 9.78. The van der Waals surface area contributed by atoms with Gasteiger partial charge in [-0.05, 0) is 24.5 Å². The molecule has 1 aromatic heterocycles. The molecule has 0 atom stereocenters. The molecule has 1 aromatic carbocycles. The topological polar surface area (TPSA) is 41.8 Å². The van der Waals surface area contributed by atoms with Gasteiger partial charge in [0.2, 0.25) is 0 Å². The lowest BCUT2D eigenvalue weighted by molar-refractivity contribution is 0.0512. The van der Waals surface area contributed by atoms with E-state index in [1.165, 1.54) is 5.56 Å². The molecule has 2 aromatic rings. The Morgan fingerprint density at radius 2 is 1.96 bits per heavy atom. The molecule has 0 aliphatic carbocycles. The molecule has 1 fully saturated rings. The van der Waals surface area contributed by atoms with Crippen LogP contribution in [-0.2, 0) is 23.7 Å². The van der Waals surface area contributed by atoms with E-state index in [2.05, 4.69) is 57.2 Å². The number of nitrogens with zero attached hydrogens (tertiary/aromatic N) is 3. The number of guanidine groups is 1. The van der Waals surface area contributed by atoms with Crippen LogP contribution < -0.4 is 5.32 Å². The summed E-state index contributed by atoms with van der Waals surface area (Å²) >= 11 is 6.11. The Morgan fingerprint density at radius 1 is 1.29 bits per heavy atom. The number of rotatable bonds is 5. The Labute approximate surface area is 190 Å². The van der Waals surface area contributed by atoms with Gasteiger partial charge < -0.3 is 19.5 Å². The third kappa shape index (κ3) is 5.42. The summed E-state index contributed by atoms with van der Waals surface area (Å²) < 4.78 is 7.69. The van der Waals surface area contributed by atoms with Crippen LogP contribution in [0.2, 0.25) is 5.02 Å². The van der Waals surface area contributed by atoms with Crippen molar-refractivity contribution in [2.75, 3.05) is 33.9 Å². The highest BCUT2D eigenvalue weighted by atomic mass is 127. The van der Waals surface area contributed by atoms with Crippen LogP contribution in [0.25, 0.3) is 0 Å². The summed E-state index contributed by atoms with van der Waals surface area (Å²) in [6.07, 6.45) is 3.95. The molecule has 3 rings (SSSR count). The number of hydrogen-bond donors (Lipinski definition) is 1. The lowest BCUT2D eigenvalue weighted by Gasteiger charge is -2.39. The second-order valence-electron chi connectivity index (χ2n) is 7.28. The molecular weight excluding hydrogens is 487 g/mol. The monoisotopic (exact) mass is 516 g/mol. The van der Waals surface area contributed by atoms with E-state index in [0.717, 1.165) is 55.8 Å². The molecule has 0 amide bonds. The van der Waals surface area contributed by atoms with Gasteiger partial charge in [0, 0.05) is 58.2 Å². The summed E-state index contributed by atoms with van der Waals surface area (Å²) in [5.41, 5.74) is 2.59. The minimum absolute atomic E-state index is 0. The van der Waals surface area contributed by atoms with Crippen LogP contribution in [0.4, 0.5) is 0 Å². The van der Waals surface area contributed by atoms with Crippen molar-refractivity contribution in [2.24, 2.45) is 12.0 Å². The van der Waals surface area contributed by atoms with Gasteiger partial charge >= 0.3 is 0 Å². The van der Waals surface area contributed by atoms with Crippen molar-refractivity contribution in [3.05, 3.63) is 58.9 Å². The van der Waals surface area contributed by atoms with E-state index in [9.17, 15) is 0 Å². The first kappa shape index (κ1) is 23.0. The van der Waals surface area contributed by atoms with Gasteiger partial charge in [-0.1, -0.05) is 41.9 Å². The fraction of sp³-hybridized carbons (Fsp3) is 0.476. The van der Waals surface area contributed by atoms with Crippen LogP contribution in [0.1, 0.15) is 24.1 Å². The number of aromatic nitrogens is 1.